The molecule has 2 aromatic carbocycles. The van der Waals surface area contributed by atoms with Gasteiger partial charge in [-0.15, -0.1) is 5.06 Å². The van der Waals surface area contributed by atoms with Gasteiger partial charge in [0, 0.05) is 51.6 Å². The molecule has 4 amide bonds. The highest BCUT2D eigenvalue weighted by atomic mass is 16.7. The molecular weight excluding hydrogens is 578 g/mol. The number of hydroxylamine groups is 2. The number of benzene rings is 2. The van der Waals surface area contributed by atoms with Crippen molar-refractivity contribution in [3.8, 4) is 0 Å². The predicted octanol–water partition coefficient (Wildman–Crippen LogP) is 4.28. The zero-order valence-electron chi connectivity index (χ0n) is 25.8. The highest BCUT2D eigenvalue weighted by Crippen LogP contribution is 2.13. The summed E-state index contributed by atoms with van der Waals surface area (Å²) in [6.45, 7) is 1.19. The smallest absolute Gasteiger partial charge is 0.333 e. The standard InChI is InChI=1S/C19H24N2O5.C15H21NO3/c22-16(11-10-15-7-3-1-4-8-15)20-14-6-2-5-9-19(25)26-21-17(23)12-13-18(21)24;17-14(11-10-13-7-3-1-4-8-13)16-12-6-2-5-9-15(18)19/h1,3-4,7-8H,2,5-6,9-14H2,(H,20,22);1,3-4,7-8H,2,5-6,9-12H2,(H,16,17)(H,18,19). The SMILES string of the molecule is O=C(CCc1ccccc1)NCCCCCC(=O)ON1C(=O)CCC1=O.O=C(O)CCCCCNC(=O)CCc1ccccc1. The molecule has 0 aliphatic carbocycles. The number of carboxylic acids is 1. The van der Waals surface area contributed by atoms with Gasteiger partial charge in [-0.05, 0) is 49.7 Å². The summed E-state index contributed by atoms with van der Waals surface area (Å²) in [7, 11) is 0. The molecule has 244 valence electrons. The maximum atomic E-state index is 11.8. The quantitative estimate of drug-likeness (QED) is 0.154. The molecule has 0 spiro atoms. The third kappa shape index (κ3) is 17.4. The van der Waals surface area contributed by atoms with Gasteiger partial charge in [0.2, 0.25) is 11.8 Å². The second-order valence-corrected chi connectivity index (χ2v) is 10.7. The Labute approximate surface area is 264 Å². The fraction of sp³-hybridized carbons (Fsp3) is 0.471. The summed E-state index contributed by atoms with van der Waals surface area (Å²) < 4.78 is 0. The van der Waals surface area contributed by atoms with Crippen molar-refractivity contribution in [2.45, 2.75) is 89.9 Å². The van der Waals surface area contributed by atoms with Crippen LogP contribution in [0.4, 0.5) is 0 Å². The number of hydrogen-bond acceptors (Lipinski definition) is 7. The van der Waals surface area contributed by atoms with Gasteiger partial charge in [0.1, 0.15) is 0 Å². The molecule has 0 unspecified atom stereocenters. The molecular formula is C34H45N3O8. The molecule has 0 saturated carbocycles. The summed E-state index contributed by atoms with van der Waals surface area (Å²) in [4.78, 5) is 72.7. The third-order valence-corrected chi connectivity index (χ3v) is 6.94. The Balaban J connectivity index is 0.000000330. The number of imide groups is 1. The number of carboxylic acid groups (broad SMARTS) is 1. The average Bonchev–Trinajstić information content (AvgIpc) is 3.35. The normalized spacial score (nSPS) is 12.2. The summed E-state index contributed by atoms with van der Waals surface area (Å²) in [5, 5.41) is 14.7. The van der Waals surface area contributed by atoms with Crippen LogP contribution in [0.1, 0.15) is 88.2 Å². The molecule has 11 nitrogen and oxygen atoms in total. The number of carbonyl (C=O) groups excluding carboxylic acids is 5. The second kappa shape index (κ2) is 22.0. The van der Waals surface area contributed by atoms with Crippen LogP contribution in [0.15, 0.2) is 60.7 Å². The number of hydrogen-bond donors (Lipinski definition) is 3. The van der Waals surface area contributed by atoms with Gasteiger partial charge in [-0.2, -0.15) is 0 Å². The molecule has 0 atom stereocenters. The van der Waals surface area contributed by atoms with E-state index < -0.39 is 23.8 Å². The number of aliphatic carboxylic acids is 1. The van der Waals surface area contributed by atoms with Crippen molar-refractivity contribution < 1.29 is 38.7 Å². The molecule has 3 N–H and O–H groups in total. The van der Waals surface area contributed by atoms with Crippen molar-refractivity contribution in [1.29, 1.82) is 0 Å². The Morgan fingerprint density at radius 3 is 1.51 bits per heavy atom. The third-order valence-electron chi connectivity index (χ3n) is 6.94. The Morgan fingerprint density at radius 2 is 1.07 bits per heavy atom. The monoisotopic (exact) mass is 623 g/mol. The van der Waals surface area contributed by atoms with Crippen LogP contribution in [-0.2, 0) is 46.4 Å². The predicted molar refractivity (Wildman–Crippen MR) is 167 cm³/mol. The average molecular weight is 624 g/mol. The van der Waals surface area contributed by atoms with Gasteiger partial charge in [0.05, 0.1) is 0 Å². The maximum absolute atomic E-state index is 11.8. The molecule has 1 aliphatic heterocycles. The Hall–Kier alpha value is -4.54. The van der Waals surface area contributed by atoms with E-state index in [4.69, 9.17) is 9.94 Å². The highest BCUT2D eigenvalue weighted by molar-refractivity contribution is 6.01. The molecule has 2 aromatic rings. The lowest BCUT2D eigenvalue weighted by Gasteiger charge is -2.12. The minimum Gasteiger partial charge on any atom is -0.481 e. The first-order valence-electron chi connectivity index (χ1n) is 15.6. The highest BCUT2D eigenvalue weighted by Gasteiger charge is 2.32. The number of amides is 4. The minimum absolute atomic E-state index is 0.0133. The minimum atomic E-state index is -0.758. The van der Waals surface area contributed by atoms with Crippen LogP contribution in [0, 0.1) is 0 Å². The molecule has 1 saturated heterocycles. The lowest BCUT2D eigenvalue weighted by atomic mass is 10.1. The first kappa shape index (κ1) is 36.7. The van der Waals surface area contributed by atoms with Gasteiger partial charge in [0.15, 0.2) is 0 Å². The van der Waals surface area contributed by atoms with E-state index in [2.05, 4.69) is 10.6 Å². The maximum Gasteiger partial charge on any atom is 0.333 e. The molecule has 3 rings (SSSR count). The first-order chi connectivity index (χ1) is 21.7. The lowest BCUT2D eigenvalue weighted by Crippen LogP contribution is -2.31. The fourth-order valence-corrected chi connectivity index (χ4v) is 4.39. The molecule has 11 heteroatoms. The number of nitrogens with one attached hydrogen (secondary N) is 2. The van der Waals surface area contributed by atoms with E-state index in [-0.39, 0.29) is 37.5 Å². The molecule has 1 aliphatic rings. The zero-order chi connectivity index (χ0) is 32.7. The largest absolute Gasteiger partial charge is 0.481 e. The second-order valence-electron chi connectivity index (χ2n) is 10.7. The molecule has 0 radical (unpaired) electrons. The van der Waals surface area contributed by atoms with E-state index in [1.165, 1.54) is 5.56 Å². The van der Waals surface area contributed by atoms with Crippen molar-refractivity contribution in [1.82, 2.24) is 15.7 Å². The van der Waals surface area contributed by atoms with Crippen molar-refractivity contribution in [2.75, 3.05) is 13.1 Å². The van der Waals surface area contributed by atoms with Crippen LogP contribution in [0.25, 0.3) is 0 Å². The Bertz CT molecular complexity index is 1200. The van der Waals surface area contributed by atoms with Crippen LogP contribution in [0.5, 0.6) is 0 Å². The van der Waals surface area contributed by atoms with Gasteiger partial charge in [-0.25, -0.2) is 4.79 Å². The molecule has 45 heavy (non-hydrogen) atoms. The number of nitrogens with zero attached hydrogens (tertiary/aromatic N) is 1. The Kier molecular flexibility index (Phi) is 18.0. The summed E-state index contributed by atoms with van der Waals surface area (Å²) in [5.74, 6) is -2.21. The number of unbranched alkanes of at least 4 members (excludes halogenated alkanes) is 4. The van der Waals surface area contributed by atoms with E-state index in [1.807, 2.05) is 60.7 Å². The molecule has 1 fully saturated rings. The fourth-order valence-electron chi connectivity index (χ4n) is 4.39. The van der Waals surface area contributed by atoms with Crippen LogP contribution in [-0.4, -0.2) is 58.8 Å². The van der Waals surface area contributed by atoms with Crippen molar-refractivity contribution >= 4 is 35.6 Å². The van der Waals surface area contributed by atoms with E-state index in [9.17, 15) is 28.8 Å². The van der Waals surface area contributed by atoms with Crippen molar-refractivity contribution in [2.24, 2.45) is 0 Å². The lowest BCUT2D eigenvalue weighted by molar-refractivity contribution is -0.197. The van der Waals surface area contributed by atoms with Gasteiger partial charge in [-0.3, -0.25) is 24.0 Å². The van der Waals surface area contributed by atoms with Crippen LogP contribution in [0.2, 0.25) is 0 Å². The van der Waals surface area contributed by atoms with E-state index in [0.717, 1.165) is 37.7 Å². The summed E-state index contributed by atoms with van der Waals surface area (Å²) in [6.07, 6.45) is 7.39. The van der Waals surface area contributed by atoms with Crippen molar-refractivity contribution in [3.63, 3.8) is 0 Å². The van der Waals surface area contributed by atoms with Gasteiger partial charge in [0.25, 0.3) is 11.8 Å². The summed E-state index contributed by atoms with van der Waals surface area (Å²) in [5.41, 5.74) is 2.30. The number of carbonyl (C=O) groups is 6. The van der Waals surface area contributed by atoms with E-state index in [1.54, 1.807) is 0 Å². The molecule has 1 heterocycles. The van der Waals surface area contributed by atoms with Gasteiger partial charge >= 0.3 is 11.9 Å². The first-order valence-corrected chi connectivity index (χ1v) is 15.6. The number of rotatable bonds is 19. The van der Waals surface area contributed by atoms with Crippen molar-refractivity contribution in [3.05, 3.63) is 71.8 Å². The van der Waals surface area contributed by atoms with E-state index in [0.29, 0.717) is 50.3 Å². The van der Waals surface area contributed by atoms with Crippen LogP contribution >= 0.6 is 0 Å². The zero-order valence-corrected chi connectivity index (χ0v) is 25.8. The topological polar surface area (TPSA) is 159 Å². The Morgan fingerprint density at radius 1 is 0.622 bits per heavy atom. The van der Waals surface area contributed by atoms with Gasteiger partial charge in [-0.1, -0.05) is 73.5 Å². The summed E-state index contributed by atoms with van der Waals surface area (Å²) in [6, 6.07) is 19.8. The molecule has 0 aromatic heterocycles. The van der Waals surface area contributed by atoms with Crippen LogP contribution in [0.3, 0.4) is 0 Å². The van der Waals surface area contributed by atoms with Crippen LogP contribution < -0.4 is 10.6 Å². The van der Waals surface area contributed by atoms with Gasteiger partial charge < -0.3 is 20.6 Å². The number of aryl methyl sites for hydroxylation is 2. The van der Waals surface area contributed by atoms with E-state index >= 15 is 0 Å². The molecule has 0 bridgehead atoms. The summed E-state index contributed by atoms with van der Waals surface area (Å²) >= 11 is 0.